The highest BCUT2D eigenvalue weighted by atomic mass is 79.9. The Kier molecular flexibility index (Phi) is 5.06. The van der Waals surface area contributed by atoms with Crippen LogP contribution in [0.5, 0.6) is 0 Å². The number of nitrogens with one attached hydrogen (secondary N) is 1. The third-order valence-electron chi connectivity index (χ3n) is 3.69. The molecule has 0 aromatic heterocycles. The normalized spacial score (nSPS) is 17.7. The molecule has 7 heteroatoms. The van der Waals surface area contributed by atoms with E-state index in [-0.39, 0.29) is 11.9 Å². The van der Waals surface area contributed by atoms with Crippen molar-refractivity contribution in [1.82, 2.24) is 9.62 Å². The van der Waals surface area contributed by atoms with E-state index in [2.05, 4.69) is 21.2 Å². The first kappa shape index (κ1) is 16.5. The molecule has 0 bridgehead atoms. The van der Waals surface area contributed by atoms with E-state index in [1.165, 1.54) is 10.6 Å². The highest BCUT2D eigenvalue weighted by Gasteiger charge is 2.26. The van der Waals surface area contributed by atoms with Crippen molar-refractivity contribution < 1.29 is 13.2 Å². The lowest BCUT2D eigenvalue weighted by molar-refractivity contribution is 0.0923. The molecule has 21 heavy (non-hydrogen) atoms. The predicted molar refractivity (Wildman–Crippen MR) is 85.8 cm³/mol. The molecule has 116 valence electrons. The van der Waals surface area contributed by atoms with Crippen LogP contribution in [0.15, 0.2) is 22.7 Å². The van der Waals surface area contributed by atoms with E-state index in [0.29, 0.717) is 31.5 Å². The van der Waals surface area contributed by atoms with E-state index in [9.17, 15) is 13.2 Å². The minimum atomic E-state index is -3.13. The van der Waals surface area contributed by atoms with Gasteiger partial charge >= 0.3 is 0 Å². The molecule has 1 aliphatic heterocycles. The second-order valence-electron chi connectivity index (χ2n) is 5.35. The van der Waals surface area contributed by atoms with Crippen molar-refractivity contribution in [3.8, 4) is 0 Å². The Bertz CT molecular complexity index is 638. The highest BCUT2D eigenvalue weighted by Crippen LogP contribution is 2.21. The Balaban J connectivity index is 1.98. The smallest absolute Gasteiger partial charge is 0.252 e. The average Bonchev–Trinajstić information content (AvgIpc) is 2.41. The lowest BCUT2D eigenvalue weighted by atomic mass is 10.1. The number of amides is 1. The number of aryl methyl sites for hydroxylation is 1. The van der Waals surface area contributed by atoms with Crippen LogP contribution in [0.1, 0.15) is 28.8 Å². The van der Waals surface area contributed by atoms with Gasteiger partial charge in [0.15, 0.2) is 0 Å². The Hall–Kier alpha value is -0.920. The molecule has 1 amide bonds. The van der Waals surface area contributed by atoms with Crippen LogP contribution in [0.2, 0.25) is 0 Å². The molecule has 5 nitrogen and oxygen atoms in total. The molecule has 1 fully saturated rings. The number of hydrogen-bond acceptors (Lipinski definition) is 3. The molecule has 0 radical (unpaired) electrons. The first-order valence-corrected chi connectivity index (χ1v) is 9.44. The molecule has 0 saturated carbocycles. The summed E-state index contributed by atoms with van der Waals surface area (Å²) in [6.07, 6.45) is 2.50. The van der Waals surface area contributed by atoms with Crippen LogP contribution < -0.4 is 5.32 Å². The van der Waals surface area contributed by atoms with Crippen LogP contribution >= 0.6 is 15.9 Å². The predicted octanol–water partition coefficient (Wildman–Crippen LogP) is 1.91. The van der Waals surface area contributed by atoms with Gasteiger partial charge in [-0.3, -0.25) is 4.79 Å². The third kappa shape index (κ3) is 4.05. The fourth-order valence-corrected chi connectivity index (χ4v) is 3.74. The summed E-state index contributed by atoms with van der Waals surface area (Å²) < 4.78 is 25.2. The maximum Gasteiger partial charge on any atom is 0.252 e. The van der Waals surface area contributed by atoms with E-state index in [0.717, 1.165) is 10.0 Å². The highest BCUT2D eigenvalue weighted by molar-refractivity contribution is 9.10. The zero-order valence-electron chi connectivity index (χ0n) is 12.1. The lowest BCUT2D eigenvalue weighted by Crippen LogP contribution is -2.46. The van der Waals surface area contributed by atoms with Gasteiger partial charge in [-0.2, -0.15) is 0 Å². The summed E-state index contributed by atoms with van der Waals surface area (Å²) >= 11 is 3.43. The van der Waals surface area contributed by atoms with E-state index >= 15 is 0 Å². The lowest BCUT2D eigenvalue weighted by Gasteiger charge is -2.30. The molecule has 1 aromatic carbocycles. The van der Waals surface area contributed by atoms with Gasteiger partial charge in [0.05, 0.1) is 11.8 Å². The maximum atomic E-state index is 12.3. The number of hydrogen-bond donors (Lipinski definition) is 1. The standard InChI is InChI=1S/C14H19BrN2O3S/c1-10-4-3-5-12(13(10)15)14(18)16-11-6-8-17(9-7-11)21(2,19)20/h3-5,11H,6-9H2,1-2H3,(H,16,18). The number of halogens is 1. The van der Waals surface area contributed by atoms with Gasteiger partial charge in [-0.15, -0.1) is 0 Å². The van der Waals surface area contributed by atoms with Gasteiger partial charge in [-0.05, 0) is 47.3 Å². The van der Waals surface area contributed by atoms with Crippen LogP contribution in [-0.4, -0.2) is 44.0 Å². The first-order chi connectivity index (χ1) is 9.79. The second-order valence-corrected chi connectivity index (χ2v) is 8.12. The number of carbonyl (C=O) groups excluding carboxylic acids is 1. The number of piperidine rings is 1. The van der Waals surface area contributed by atoms with E-state index in [1.807, 2.05) is 19.1 Å². The quantitative estimate of drug-likeness (QED) is 0.878. The van der Waals surface area contributed by atoms with Crippen molar-refractivity contribution in [2.24, 2.45) is 0 Å². The molecule has 1 N–H and O–H groups in total. The van der Waals surface area contributed by atoms with Crippen LogP contribution in [0, 0.1) is 6.92 Å². The number of benzene rings is 1. The van der Waals surface area contributed by atoms with Crippen molar-refractivity contribution in [3.63, 3.8) is 0 Å². The number of rotatable bonds is 3. The van der Waals surface area contributed by atoms with E-state index < -0.39 is 10.0 Å². The molecule has 2 rings (SSSR count). The first-order valence-electron chi connectivity index (χ1n) is 6.80. The fraction of sp³-hybridized carbons (Fsp3) is 0.500. The summed E-state index contributed by atoms with van der Waals surface area (Å²) in [6, 6.07) is 5.58. The van der Waals surface area contributed by atoms with Gasteiger partial charge in [-0.1, -0.05) is 12.1 Å². The zero-order chi connectivity index (χ0) is 15.6. The van der Waals surface area contributed by atoms with Crippen LogP contribution in [0.25, 0.3) is 0 Å². The Morgan fingerprint density at radius 3 is 2.52 bits per heavy atom. The average molecular weight is 375 g/mol. The summed E-state index contributed by atoms with van der Waals surface area (Å²) in [5.41, 5.74) is 1.62. The van der Waals surface area contributed by atoms with E-state index in [1.54, 1.807) is 6.07 Å². The van der Waals surface area contributed by atoms with Crippen molar-refractivity contribution >= 4 is 31.9 Å². The topological polar surface area (TPSA) is 66.5 Å². The Labute approximate surface area is 133 Å². The summed E-state index contributed by atoms with van der Waals surface area (Å²) in [4.78, 5) is 12.3. The maximum absolute atomic E-state index is 12.3. The molecule has 1 aliphatic rings. The Morgan fingerprint density at radius 1 is 1.33 bits per heavy atom. The molecule has 1 heterocycles. The molecule has 0 spiro atoms. The van der Waals surface area contributed by atoms with Gasteiger partial charge in [0.2, 0.25) is 10.0 Å². The molecule has 1 aromatic rings. The van der Waals surface area contributed by atoms with Gasteiger partial charge < -0.3 is 5.32 Å². The van der Waals surface area contributed by atoms with Crippen molar-refractivity contribution in [2.45, 2.75) is 25.8 Å². The summed E-state index contributed by atoms with van der Waals surface area (Å²) in [5.74, 6) is -0.122. The molecule has 0 unspecified atom stereocenters. The number of nitrogens with zero attached hydrogens (tertiary/aromatic N) is 1. The largest absolute Gasteiger partial charge is 0.349 e. The Morgan fingerprint density at radius 2 is 1.95 bits per heavy atom. The molecule has 1 saturated heterocycles. The minimum absolute atomic E-state index is 0.0166. The summed E-state index contributed by atoms with van der Waals surface area (Å²) in [6.45, 7) is 2.85. The van der Waals surface area contributed by atoms with Gasteiger partial charge in [-0.25, -0.2) is 12.7 Å². The van der Waals surface area contributed by atoms with Gasteiger partial charge in [0.1, 0.15) is 0 Å². The monoisotopic (exact) mass is 374 g/mol. The van der Waals surface area contributed by atoms with Gasteiger partial charge in [0.25, 0.3) is 5.91 Å². The minimum Gasteiger partial charge on any atom is -0.349 e. The van der Waals surface area contributed by atoms with Crippen LogP contribution in [0.3, 0.4) is 0 Å². The van der Waals surface area contributed by atoms with Gasteiger partial charge in [0, 0.05) is 23.6 Å². The molecule has 0 atom stereocenters. The number of sulfonamides is 1. The van der Waals surface area contributed by atoms with Crippen LogP contribution in [0.4, 0.5) is 0 Å². The second kappa shape index (κ2) is 6.46. The third-order valence-corrected chi connectivity index (χ3v) is 6.05. The summed E-state index contributed by atoms with van der Waals surface area (Å²) in [7, 11) is -3.13. The van der Waals surface area contributed by atoms with Crippen molar-refractivity contribution in [3.05, 3.63) is 33.8 Å². The SMILES string of the molecule is Cc1cccc(C(=O)NC2CCN(S(C)(=O)=O)CC2)c1Br. The van der Waals surface area contributed by atoms with Crippen molar-refractivity contribution in [1.29, 1.82) is 0 Å². The molecular weight excluding hydrogens is 356 g/mol. The zero-order valence-corrected chi connectivity index (χ0v) is 14.5. The fourth-order valence-electron chi connectivity index (χ4n) is 2.42. The van der Waals surface area contributed by atoms with Crippen LogP contribution in [-0.2, 0) is 10.0 Å². The molecular formula is C14H19BrN2O3S. The molecule has 0 aliphatic carbocycles. The van der Waals surface area contributed by atoms with E-state index in [4.69, 9.17) is 0 Å². The summed E-state index contributed by atoms with van der Waals surface area (Å²) in [5, 5.41) is 2.98. The van der Waals surface area contributed by atoms with Crippen molar-refractivity contribution in [2.75, 3.05) is 19.3 Å². The number of carbonyl (C=O) groups is 1.